The Hall–Kier alpha value is -2.33. The summed E-state index contributed by atoms with van der Waals surface area (Å²) >= 11 is 3.99. The highest BCUT2D eigenvalue weighted by atomic mass is 127. The molecule has 2 rings (SSSR count). The molecule has 27 heavy (non-hydrogen) atoms. The Balaban J connectivity index is 2.23. The summed E-state index contributed by atoms with van der Waals surface area (Å²) in [6.07, 6.45) is 1.43. The Kier molecular flexibility index (Phi) is 7.43. The van der Waals surface area contributed by atoms with E-state index >= 15 is 0 Å². The number of amides is 1. The minimum Gasteiger partial charge on any atom is -0.508 e. The quantitative estimate of drug-likeness (QED) is 0.205. The number of ether oxygens (including phenoxy) is 1. The number of hydrogen-bond donors (Lipinski definition) is 3. The zero-order valence-electron chi connectivity index (χ0n) is 13.6. The number of nitriles is 1. The number of carbonyl (C=O) groups excluding carboxylic acids is 1. The van der Waals surface area contributed by atoms with Gasteiger partial charge in [-0.2, -0.15) is 5.26 Å². The maximum absolute atomic E-state index is 12.3. The van der Waals surface area contributed by atoms with Crippen LogP contribution in [0, 0.1) is 18.5 Å². The first-order valence-corrected chi connectivity index (χ1v) is 9.51. The lowest BCUT2D eigenvalue weighted by Gasteiger charge is -2.10. The van der Waals surface area contributed by atoms with E-state index in [2.05, 4.69) is 5.32 Å². The number of nitrogens with zero attached hydrogens (tertiary/aromatic N) is 1. The number of nitrogens with one attached hydrogen (secondary N) is 1. The Morgan fingerprint density at radius 1 is 1.19 bits per heavy atom. The molecule has 0 aromatic heterocycles. The molecule has 7 nitrogen and oxygen atoms in total. The smallest absolute Gasteiger partial charge is 0.341 e. The van der Waals surface area contributed by atoms with E-state index in [4.69, 9.17) is 9.84 Å². The molecular weight excluding hydrogens is 578 g/mol. The molecule has 0 atom stereocenters. The van der Waals surface area contributed by atoms with E-state index in [1.165, 1.54) is 30.3 Å². The molecule has 0 aliphatic rings. The minimum absolute atomic E-state index is 0.0680. The second-order valence-electron chi connectivity index (χ2n) is 5.17. The highest BCUT2D eigenvalue weighted by molar-refractivity contribution is 14.1. The first kappa shape index (κ1) is 21.0. The van der Waals surface area contributed by atoms with Crippen LogP contribution in [0.4, 0.5) is 5.69 Å². The SMILES string of the molecule is N#C/C(=C\c1cc(I)c(OCC(=O)O)c(I)c1)C(=O)Nc1ccc(O)cc1. The molecule has 1 amide bonds. The van der Waals surface area contributed by atoms with Crippen molar-refractivity contribution >= 4 is 68.8 Å². The largest absolute Gasteiger partial charge is 0.508 e. The molecule has 0 bridgehead atoms. The number of aliphatic carboxylic acids is 1. The fraction of sp³-hybridized carbons (Fsp3) is 0.0556. The fourth-order valence-corrected chi connectivity index (χ4v) is 4.12. The molecular formula is C18H12I2N2O5. The van der Waals surface area contributed by atoms with Crippen molar-refractivity contribution in [2.45, 2.75) is 0 Å². The third kappa shape index (κ3) is 6.10. The van der Waals surface area contributed by atoms with Crippen LogP contribution < -0.4 is 10.1 Å². The van der Waals surface area contributed by atoms with Crippen LogP contribution in [-0.2, 0) is 9.59 Å². The number of hydrogen-bond acceptors (Lipinski definition) is 5. The molecule has 0 fully saturated rings. The Bertz CT molecular complexity index is 926. The van der Waals surface area contributed by atoms with Gasteiger partial charge >= 0.3 is 5.97 Å². The number of aromatic hydroxyl groups is 1. The molecule has 0 spiro atoms. The first-order chi connectivity index (χ1) is 12.8. The summed E-state index contributed by atoms with van der Waals surface area (Å²) < 4.78 is 6.56. The van der Waals surface area contributed by atoms with Crippen LogP contribution >= 0.6 is 45.2 Å². The van der Waals surface area contributed by atoms with Crippen LogP contribution in [-0.4, -0.2) is 28.7 Å². The van der Waals surface area contributed by atoms with E-state index < -0.39 is 18.5 Å². The average Bonchev–Trinajstić information content (AvgIpc) is 2.60. The minimum atomic E-state index is -1.08. The van der Waals surface area contributed by atoms with E-state index in [1.54, 1.807) is 12.1 Å². The van der Waals surface area contributed by atoms with Crippen LogP contribution in [0.3, 0.4) is 0 Å². The zero-order chi connectivity index (χ0) is 20.0. The number of halogens is 2. The van der Waals surface area contributed by atoms with Gasteiger partial charge in [0.1, 0.15) is 23.1 Å². The van der Waals surface area contributed by atoms with Gasteiger partial charge in [-0.3, -0.25) is 4.79 Å². The van der Waals surface area contributed by atoms with Gasteiger partial charge in [0.05, 0.1) is 7.14 Å². The number of benzene rings is 2. The van der Waals surface area contributed by atoms with E-state index in [1.807, 2.05) is 51.3 Å². The van der Waals surface area contributed by atoms with Crippen LogP contribution in [0.15, 0.2) is 42.0 Å². The lowest BCUT2D eigenvalue weighted by molar-refractivity contribution is -0.139. The molecule has 0 saturated carbocycles. The molecule has 0 aliphatic heterocycles. The van der Waals surface area contributed by atoms with Crippen LogP contribution in [0.25, 0.3) is 6.08 Å². The maximum atomic E-state index is 12.3. The third-order valence-electron chi connectivity index (χ3n) is 3.16. The van der Waals surface area contributed by atoms with Gasteiger partial charge in [0.25, 0.3) is 5.91 Å². The summed E-state index contributed by atoms with van der Waals surface area (Å²) in [6, 6.07) is 11.1. The fourth-order valence-electron chi connectivity index (χ4n) is 1.99. The lowest BCUT2D eigenvalue weighted by Crippen LogP contribution is -2.13. The molecule has 138 valence electrons. The summed E-state index contributed by atoms with van der Waals surface area (Å²) in [4.78, 5) is 22.9. The molecule has 0 saturated heterocycles. The average molecular weight is 590 g/mol. The van der Waals surface area contributed by atoms with Gasteiger partial charge in [0.15, 0.2) is 6.61 Å². The molecule has 0 unspecified atom stereocenters. The van der Waals surface area contributed by atoms with Crippen molar-refractivity contribution in [1.29, 1.82) is 5.26 Å². The van der Waals surface area contributed by atoms with Crippen LogP contribution in [0.1, 0.15) is 5.56 Å². The third-order valence-corrected chi connectivity index (χ3v) is 4.76. The highest BCUT2D eigenvalue weighted by Crippen LogP contribution is 2.30. The van der Waals surface area contributed by atoms with Gasteiger partial charge in [-0.15, -0.1) is 0 Å². The molecule has 9 heteroatoms. The number of rotatable bonds is 6. The van der Waals surface area contributed by atoms with E-state index in [9.17, 15) is 20.0 Å². The number of anilines is 1. The van der Waals surface area contributed by atoms with Gasteiger partial charge in [0, 0.05) is 5.69 Å². The number of phenolic OH excluding ortho intramolecular Hbond substituents is 1. The number of carboxylic acids is 1. The summed E-state index contributed by atoms with van der Waals surface area (Å²) in [5.41, 5.74) is 0.943. The summed E-state index contributed by atoms with van der Waals surface area (Å²) in [7, 11) is 0. The van der Waals surface area contributed by atoms with Gasteiger partial charge in [-0.05, 0) is 93.2 Å². The van der Waals surface area contributed by atoms with Crippen molar-refractivity contribution in [3.05, 3.63) is 54.7 Å². The summed E-state index contributed by atoms with van der Waals surface area (Å²) in [5, 5.41) is 29.9. The summed E-state index contributed by atoms with van der Waals surface area (Å²) in [5.74, 6) is -1.16. The Morgan fingerprint density at radius 3 is 2.30 bits per heavy atom. The zero-order valence-corrected chi connectivity index (χ0v) is 17.9. The predicted octanol–water partition coefficient (Wildman–Crippen LogP) is 3.61. The molecule has 2 aromatic rings. The number of carbonyl (C=O) groups is 2. The van der Waals surface area contributed by atoms with Crippen LogP contribution in [0.5, 0.6) is 11.5 Å². The van der Waals surface area contributed by atoms with Crippen molar-refractivity contribution < 1.29 is 24.5 Å². The molecule has 0 radical (unpaired) electrons. The van der Waals surface area contributed by atoms with Crippen molar-refractivity contribution in [3.63, 3.8) is 0 Å². The number of carboxylic acid groups (broad SMARTS) is 1. The predicted molar refractivity (Wildman–Crippen MR) is 115 cm³/mol. The van der Waals surface area contributed by atoms with E-state index in [0.29, 0.717) is 24.1 Å². The number of phenols is 1. The van der Waals surface area contributed by atoms with Gasteiger partial charge < -0.3 is 20.3 Å². The van der Waals surface area contributed by atoms with E-state index in [-0.39, 0.29) is 11.3 Å². The van der Waals surface area contributed by atoms with Gasteiger partial charge in [-0.25, -0.2) is 4.79 Å². The standard InChI is InChI=1S/C18H12I2N2O5/c19-14-6-10(7-15(20)17(14)27-9-16(24)25)5-11(8-21)18(26)22-12-1-3-13(23)4-2-12/h1-7,23H,9H2,(H,22,26)(H,24,25)/b11-5+. The second-order valence-corrected chi connectivity index (χ2v) is 7.49. The first-order valence-electron chi connectivity index (χ1n) is 7.36. The van der Waals surface area contributed by atoms with Crippen molar-refractivity contribution in [2.24, 2.45) is 0 Å². The van der Waals surface area contributed by atoms with Crippen LogP contribution in [0.2, 0.25) is 0 Å². The lowest BCUT2D eigenvalue weighted by atomic mass is 10.1. The summed E-state index contributed by atoms with van der Waals surface area (Å²) in [6.45, 7) is -0.459. The normalized spacial score (nSPS) is 10.8. The maximum Gasteiger partial charge on any atom is 0.341 e. The monoisotopic (exact) mass is 590 g/mol. The van der Waals surface area contributed by atoms with Crippen molar-refractivity contribution in [2.75, 3.05) is 11.9 Å². The van der Waals surface area contributed by atoms with Crippen molar-refractivity contribution in [1.82, 2.24) is 0 Å². The molecule has 0 aliphatic carbocycles. The Labute approximate surface area is 181 Å². The highest BCUT2D eigenvalue weighted by Gasteiger charge is 2.13. The van der Waals surface area contributed by atoms with E-state index in [0.717, 1.165) is 0 Å². The van der Waals surface area contributed by atoms with Gasteiger partial charge in [0.2, 0.25) is 0 Å². The second kappa shape index (κ2) is 9.56. The molecule has 2 aromatic carbocycles. The topological polar surface area (TPSA) is 120 Å². The Morgan fingerprint density at radius 2 is 1.78 bits per heavy atom. The van der Waals surface area contributed by atoms with Crippen molar-refractivity contribution in [3.8, 4) is 17.6 Å². The van der Waals surface area contributed by atoms with Gasteiger partial charge in [-0.1, -0.05) is 0 Å². The molecule has 0 heterocycles. The molecule has 3 N–H and O–H groups in total.